The van der Waals surface area contributed by atoms with Gasteiger partial charge in [0.25, 0.3) is 0 Å². The first-order valence-corrected chi connectivity index (χ1v) is 8.73. The number of thiophene rings is 1. The van der Waals surface area contributed by atoms with Gasteiger partial charge in [-0.05, 0) is 26.0 Å². The van der Waals surface area contributed by atoms with Crippen molar-refractivity contribution in [2.24, 2.45) is 0 Å². The molecule has 2 rings (SSSR count). The largest absolute Gasteiger partial charge is 0.396 e. The van der Waals surface area contributed by atoms with Crippen LogP contribution in [0.15, 0.2) is 4.90 Å². The average molecular weight is 314 g/mol. The van der Waals surface area contributed by atoms with E-state index in [2.05, 4.69) is 11.8 Å². The Labute approximate surface area is 128 Å². The van der Waals surface area contributed by atoms with E-state index >= 15 is 0 Å². The van der Waals surface area contributed by atoms with Gasteiger partial charge in [-0.1, -0.05) is 0 Å². The van der Waals surface area contributed by atoms with E-state index in [-0.39, 0.29) is 11.4 Å². The van der Waals surface area contributed by atoms with Crippen molar-refractivity contribution in [2.45, 2.75) is 37.2 Å². The quantitative estimate of drug-likeness (QED) is 0.683. The highest BCUT2D eigenvalue weighted by molar-refractivity contribution is 7.99. The molecule has 1 unspecified atom stereocenters. The monoisotopic (exact) mass is 314 g/mol. The number of piperidine rings is 1. The van der Waals surface area contributed by atoms with Crippen molar-refractivity contribution in [1.29, 1.82) is 0 Å². The third-order valence-corrected chi connectivity index (χ3v) is 6.16. The fraction of sp³-hybridized carbons (Fsp3) is 0.643. The summed E-state index contributed by atoms with van der Waals surface area (Å²) in [6.45, 7) is 5.55. The fourth-order valence-electron chi connectivity index (χ4n) is 2.63. The van der Waals surface area contributed by atoms with Crippen LogP contribution >= 0.6 is 23.1 Å². The van der Waals surface area contributed by atoms with Gasteiger partial charge in [-0.15, -0.1) is 23.1 Å². The molecule has 6 heteroatoms. The van der Waals surface area contributed by atoms with Crippen LogP contribution in [-0.4, -0.2) is 37.8 Å². The molecule has 112 valence electrons. The van der Waals surface area contributed by atoms with Crippen molar-refractivity contribution in [3.8, 4) is 0 Å². The van der Waals surface area contributed by atoms with Gasteiger partial charge in [0, 0.05) is 27.1 Å². The number of hydrogen-bond acceptors (Lipinski definition) is 6. The molecule has 1 atom stereocenters. The first-order valence-electron chi connectivity index (χ1n) is 6.69. The van der Waals surface area contributed by atoms with Crippen molar-refractivity contribution in [3.63, 3.8) is 0 Å². The van der Waals surface area contributed by atoms with Gasteiger partial charge < -0.3 is 15.4 Å². The minimum atomic E-state index is -0.122. The van der Waals surface area contributed by atoms with Crippen molar-refractivity contribution < 1.29 is 9.53 Å². The van der Waals surface area contributed by atoms with E-state index in [4.69, 9.17) is 10.5 Å². The molecule has 20 heavy (non-hydrogen) atoms. The van der Waals surface area contributed by atoms with Crippen molar-refractivity contribution in [1.82, 2.24) is 0 Å². The zero-order valence-electron chi connectivity index (χ0n) is 12.5. The maximum absolute atomic E-state index is 11.7. The number of thioether (sulfide) groups is 1. The summed E-state index contributed by atoms with van der Waals surface area (Å²) in [5, 5.41) is 1.11. The third-order valence-electron chi connectivity index (χ3n) is 3.85. The summed E-state index contributed by atoms with van der Waals surface area (Å²) < 4.78 is 5.65. The lowest BCUT2D eigenvalue weighted by atomic mass is 9.95. The number of nitrogens with zero attached hydrogens (tertiary/aromatic N) is 1. The number of rotatable bonds is 4. The lowest BCUT2D eigenvalue weighted by Gasteiger charge is -2.40. The summed E-state index contributed by atoms with van der Waals surface area (Å²) in [4.78, 5) is 15.7. The minimum absolute atomic E-state index is 0.0422. The SMILES string of the molecule is COC1(C)CCCN(c2sc(C(C)=O)c(N)c2SC)C1. The number of ketones is 1. The predicted octanol–water partition coefficient (Wildman–Crippen LogP) is 3.26. The molecule has 0 radical (unpaired) electrons. The summed E-state index contributed by atoms with van der Waals surface area (Å²) in [5.74, 6) is 0.0422. The number of anilines is 2. The summed E-state index contributed by atoms with van der Waals surface area (Å²) in [6, 6.07) is 0. The average Bonchev–Trinajstić information content (AvgIpc) is 2.76. The first-order chi connectivity index (χ1) is 9.41. The Morgan fingerprint density at radius 1 is 1.55 bits per heavy atom. The molecule has 0 bridgehead atoms. The lowest BCUT2D eigenvalue weighted by molar-refractivity contribution is -0.00460. The number of nitrogens with two attached hydrogens (primary N) is 1. The predicted molar refractivity (Wildman–Crippen MR) is 87.4 cm³/mol. The number of ether oxygens (including phenoxy) is 1. The van der Waals surface area contributed by atoms with E-state index in [0.29, 0.717) is 10.6 Å². The van der Waals surface area contributed by atoms with Crippen LogP contribution in [0.25, 0.3) is 0 Å². The second-order valence-electron chi connectivity index (χ2n) is 5.42. The van der Waals surface area contributed by atoms with E-state index in [9.17, 15) is 4.79 Å². The lowest BCUT2D eigenvalue weighted by Crippen LogP contribution is -2.47. The molecule has 1 aromatic rings. The standard InChI is InChI=1S/C14H22N2O2S2/c1-9(17)11-10(15)12(19-4)13(20-11)16-7-5-6-14(2,8-16)18-3/h5-8,15H2,1-4H3. The van der Waals surface area contributed by atoms with Crippen LogP contribution in [0.3, 0.4) is 0 Å². The number of hydrogen-bond donors (Lipinski definition) is 1. The molecule has 1 saturated heterocycles. The van der Waals surface area contributed by atoms with Crippen molar-refractivity contribution in [2.75, 3.05) is 37.1 Å². The minimum Gasteiger partial charge on any atom is -0.396 e. The molecule has 1 aliphatic rings. The van der Waals surface area contributed by atoms with Crippen LogP contribution in [0, 0.1) is 0 Å². The molecule has 0 aliphatic carbocycles. The van der Waals surface area contributed by atoms with Crippen LogP contribution in [-0.2, 0) is 4.74 Å². The maximum Gasteiger partial charge on any atom is 0.171 e. The summed E-state index contributed by atoms with van der Waals surface area (Å²) in [6.07, 6.45) is 4.16. The van der Waals surface area contributed by atoms with Crippen LogP contribution < -0.4 is 10.6 Å². The molecule has 2 heterocycles. The summed E-state index contributed by atoms with van der Waals surface area (Å²) in [7, 11) is 1.77. The highest BCUT2D eigenvalue weighted by Gasteiger charge is 2.33. The normalized spacial score (nSPS) is 23.1. The van der Waals surface area contributed by atoms with E-state index in [1.165, 1.54) is 11.3 Å². The van der Waals surface area contributed by atoms with E-state index in [1.807, 2.05) is 6.26 Å². The molecule has 0 amide bonds. The molecule has 0 aromatic carbocycles. The van der Waals surface area contributed by atoms with Crippen LogP contribution in [0.4, 0.5) is 10.7 Å². The fourth-order valence-corrected chi connectivity index (χ4v) is 4.73. The zero-order valence-corrected chi connectivity index (χ0v) is 14.1. The van der Waals surface area contributed by atoms with Crippen LogP contribution in [0.5, 0.6) is 0 Å². The van der Waals surface area contributed by atoms with Gasteiger partial charge in [0.15, 0.2) is 5.78 Å². The zero-order chi connectivity index (χ0) is 14.9. The van der Waals surface area contributed by atoms with Gasteiger partial charge in [-0.2, -0.15) is 0 Å². The molecule has 1 aliphatic heterocycles. The van der Waals surface area contributed by atoms with Crippen LogP contribution in [0.2, 0.25) is 0 Å². The van der Waals surface area contributed by atoms with Crippen LogP contribution in [0.1, 0.15) is 36.4 Å². The molecular weight excluding hydrogens is 292 g/mol. The molecule has 1 fully saturated rings. The number of Topliss-reactive ketones (excluding diaryl/α,β-unsaturated/α-hetero) is 1. The van der Waals surface area contributed by atoms with Crippen molar-refractivity contribution >= 4 is 39.6 Å². The Hall–Kier alpha value is -0.720. The van der Waals surface area contributed by atoms with E-state index in [1.54, 1.807) is 25.8 Å². The first kappa shape index (κ1) is 15.7. The summed E-state index contributed by atoms with van der Waals surface area (Å²) >= 11 is 3.12. The number of carbonyl (C=O) groups is 1. The molecule has 0 spiro atoms. The number of carbonyl (C=O) groups excluding carboxylic acids is 1. The Morgan fingerprint density at radius 2 is 2.25 bits per heavy atom. The topological polar surface area (TPSA) is 55.6 Å². The highest BCUT2D eigenvalue weighted by Crippen LogP contribution is 2.45. The number of nitrogen functional groups attached to an aromatic ring is 1. The van der Waals surface area contributed by atoms with Gasteiger partial charge in [0.2, 0.25) is 0 Å². The Morgan fingerprint density at radius 3 is 2.80 bits per heavy atom. The van der Waals surface area contributed by atoms with E-state index in [0.717, 1.165) is 35.8 Å². The third kappa shape index (κ3) is 2.82. The van der Waals surface area contributed by atoms with Crippen molar-refractivity contribution in [3.05, 3.63) is 4.88 Å². The molecule has 2 N–H and O–H groups in total. The summed E-state index contributed by atoms with van der Waals surface area (Å²) in [5.41, 5.74) is 6.65. The second-order valence-corrected chi connectivity index (χ2v) is 7.23. The van der Waals surface area contributed by atoms with Gasteiger partial charge in [-0.3, -0.25) is 4.79 Å². The Bertz CT molecular complexity index is 516. The molecular formula is C14H22N2O2S2. The Balaban J connectivity index is 2.37. The van der Waals surface area contributed by atoms with Gasteiger partial charge in [0.05, 0.1) is 21.1 Å². The Kier molecular flexibility index (Phi) is 4.66. The van der Waals surface area contributed by atoms with E-state index < -0.39 is 0 Å². The molecule has 0 saturated carbocycles. The van der Waals surface area contributed by atoms with Gasteiger partial charge in [-0.25, -0.2) is 0 Å². The number of methoxy groups -OCH3 is 1. The highest BCUT2D eigenvalue weighted by atomic mass is 32.2. The maximum atomic E-state index is 11.7. The molecule has 1 aromatic heterocycles. The van der Waals surface area contributed by atoms with Gasteiger partial charge >= 0.3 is 0 Å². The smallest absolute Gasteiger partial charge is 0.171 e. The second kappa shape index (κ2) is 5.95. The molecule has 4 nitrogen and oxygen atoms in total. The van der Waals surface area contributed by atoms with Gasteiger partial charge in [0.1, 0.15) is 5.00 Å².